The number of hydrogen-bond donors (Lipinski definition) is 0. The highest BCUT2D eigenvalue weighted by Gasteiger charge is 2.13. The van der Waals surface area contributed by atoms with E-state index in [1.54, 1.807) is 29.1 Å². The van der Waals surface area contributed by atoms with Crippen molar-refractivity contribution in [1.82, 2.24) is 9.78 Å². The molecule has 108 valence electrons. The molecule has 0 aliphatic rings. The molecule has 0 atom stereocenters. The molecule has 0 saturated carbocycles. The van der Waals surface area contributed by atoms with Crippen LogP contribution in [0.15, 0.2) is 41.0 Å². The highest BCUT2D eigenvalue weighted by Crippen LogP contribution is 2.18. The standard InChI is InChI=1S/C14H12BrN3O3/c1-2-17-14(12(15)9-16-17)13(19)7-6-10-4-3-5-11(8-10)18(20)21/h3-9H,2H2,1H3/b7-6+. The van der Waals surface area contributed by atoms with E-state index in [9.17, 15) is 14.9 Å². The second-order valence-corrected chi connectivity index (χ2v) is 5.06. The molecule has 0 unspecified atom stereocenters. The van der Waals surface area contributed by atoms with Crippen molar-refractivity contribution in [2.24, 2.45) is 0 Å². The number of aryl methyl sites for hydroxylation is 1. The smallest absolute Gasteiger partial charge is 0.270 e. The number of allylic oxidation sites excluding steroid dienone is 1. The van der Waals surface area contributed by atoms with E-state index in [4.69, 9.17) is 0 Å². The van der Waals surface area contributed by atoms with Crippen LogP contribution in [0.1, 0.15) is 23.0 Å². The topological polar surface area (TPSA) is 78.0 Å². The Morgan fingerprint density at radius 1 is 1.52 bits per heavy atom. The van der Waals surface area contributed by atoms with Gasteiger partial charge in [0.25, 0.3) is 5.69 Å². The Balaban J connectivity index is 2.25. The molecule has 2 aromatic rings. The van der Waals surface area contributed by atoms with Gasteiger partial charge in [0, 0.05) is 18.7 Å². The van der Waals surface area contributed by atoms with Crippen LogP contribution in [-0.2, 0) is 6.54 Å². The maximum atomic E-state index is 12.2. The van der Waals surface area contributed by atoms with Crippen molar-refractivity contribution in [3.63, 3.8) is 0 Å². The number of ketones is 1. The van der Waals surface area contributed by atoms with Crippen LogP contribution in [0.4, 0.5) is 5.69 Å². The molecule has 0 amide bonds. The predicted molar refractivity (Wildman–Crippen MR) is 82.1 cm³/mol. The minimum Gasteiger partial charge on any atom is -0.288 e. The molecule has 0 aliphatic carbocycles. The van der Waals surface area contributed by atoms with Gasteiger partial charge in [0.2, 0.25) is 5.78 Å². The van der Waals surface area contributed by atoms with Crippen LogP contribution in [-0.4, -0.2) is 20.5 Å². The number of hydrogen-bond acceptors (Lipinski definition) is 4. The summed E-state index contributed by atoms with van der Waals surface area (Å²) < 4.78 is 2.21. The molecule has 1 heterocycles. The van der Waals surface area contributed by atoms with Crippen molar-refractivity contribution in [1.29, 1.82) is 0 Å². The maximum Gasteiger partial charge on any atom is 0.270 e. The molecular weight excluding hydrogens is 338 g/mol. The van der Waals surface area contributed by atoms with E-state index < -0.39 is 4.92 Å². The molecule has 0 fully saturated rings. The van der Waals surface area contributed by atoms with Gasteiger partial charge >= 0.3 is 0 Å². The van der Waals surface area contributed by atoms with Gasteiger partial charge in [-0.3, -0.25) is 19.6 Å². The van der Waals surface area contributed by atoms with E-state index in [1.807, 2.05) is 6.92 Å². The van der Waals surface area contributed by atoms with Gasteiger partial charge < -0.3 is 0 Å². The lowest BCUT2D eigenvalue weighted by Gasteiger charge is -2.01. The molecule has 0 bridgehead atoms. The minimum atomic E-state index is -0.470. The molecule has 2 rings (SSSR count). The van der Waals surface area contributed by atoms with Crippen molar-refractivity contribution in [2.45, 2.75) is 13.5 Å². The normalized spacial score (nSPS) is 11.0. The number of halogens is 1. The monoisotopic (exact) mass is 349 g/mol. The van der Waals surface area contributed by atoms with E-state index in [-0.39, 0.29) is 11.5 Å². The summed E-state index contributed by atoms with van der Waals surface area (Å²) in [6, 6.07) is 6.09. The molecule has 21 heavy (non-hydrogen) atoms. The van der Waals surface area contributed by atoms with Gasteiger partial charge in [-0.05, 0) is 34.5 Å². The Labute approximate surface area is 129 Å². The minimum absolute atomic E-state index is 0.00983. The van der Waals surface area contributed by atoms with Crippen LogP contribution < -0.4 is 0 Å². The second kappa shape index (κ2) is 6.45. The Morgan fingerprint density at radius 3 is 2.95 bits per heavy atom. The number of carbonyl (C=O) groups is 1. The van der Waals surface area contributed by atoms with Crippen LogP contribution in [0.2, 0.25) is 0 Å². The molecule has 6 nitrogen and oxygen atoms in total. The summed E-state index contributed by atoms with van der Waals surface area (Å²) in [5.74, 6) is -0.215. The second-order valence-electron chi connectivity index (χ2n) is 4.21. The predicted octanol–water partition coefficient (Wildman–Crippen LogP) is 3.47. The first-order valence-electron chi connectivity index (χ1n) is 6.21. The number of nitrogens with zero attached hydrogens (tertiary/aromatic N) is 3. The molecule has 0 spiro atoms. The summed E-state index contributed by atoms with van der Waals surface area (Å²) >= 11 is 3.29. The van der Waals surface area contributed by atoms with Gasteiger partial charge in [-0.15, -0.1) is 0 Å². The number of rotatable bonds is 5. The van der Waals surface area contributed by atoms with Gasteiger partial charge in [-0.1, -0.05) is 18.2 Å². The fourth-order valence-corrected chi connectivity index (χ4v) is 2.33. The Kier molecular flexibility index (Phi) is 4.64. The Hall–Kier alpha value is -2.28. The third-order valence-electron chi connectivity index (χ3n) is 2.84. The molecule has 0 saturated heterocycles. The van der Waals surface area contributed by atoms with Gasteiger partial charge in [-0.25, -0.2) is 0 Å². The number of carbonyl (C=O) groups excluding carboxylic acids is 1. The third-order valence-corrected chi connectivity index (χ3v) is 3.42. The van der Waals surface area contributed by atoms with Gasteiger partial charge in [0.05, 0.1) is 15.6 Å². The van der Waals surface area contributed by atoms with Gasteiger partial charge in [0.1, 0.15) is 5.69 Å². The van der Waals surface area contributed by atoms with Crippen molar-refractivity contribution >= 4 is 33.5 Å². The zero-order valence-electron chi connectivity index (χ0n) is 11.2. The van der Waals surface area contributed by atoms with Crippen LogP contribution in [0.5, 0.6) is 0 Å². The SMILES string of the molecule is CCn1ncc(Br)c1C(=O)/C=C/c1cccc([N+](=O)[O-])c1. The summed E-state index contributed by atoms with van der Waals surface area (Å²) in [6.07, 6.45) is 4.50. The summed E-state index contributed by atoms with van der Waals surface area (Å²) in [5.41, 5.74) is 1.04. The van der Waals surface area contributed by atoms with Gasteiger partial charge in [0.15, 0.2) is 0 Å². The van der Waals surface area contributed by atoms with E-state index in [0.717, 1.165) is 0 Å². The largest absolute Gasteiger partial charge is 0.288 e. The first-order valence-corrected chi connectivity index (χ1v) is 7.00. The molecule has 1 aromatic carbocycles. The summed E-state index contributed by atoms with van der Waals surface area (Å²) in [6.45, 7) is 2.47. The van der Waals surface area contributed by atoms with E-state index >= 15 is 0 Å². The number of nitro benzene ring substituents is 1. The number of non-ortho nitro benzene ring substituents is 1. The highest BCUT2D eigenvalue weighted by atomic mass is 79.9. The lowest BCUT2D eigenvalue weighted by molar-refractivity contribution is -0.384. The van der Waals surface area contributed by atoms with Crippen LogP contribution in [0.25, 0.3) is 6.08 Å². The summed E-state index contributed by atoms with van der Waals surface area (Å²) in [5, 5.41) is 14.8. The van der Waals surface area contributed by atoms with E-state index in [1.165, 1.54) is 18.2 Å². The first kappa shape index (κ1) is 15.1. The number of aromatic nitrogens is 2. The zero-order valence-corrected chi connectivity index (χ0v) is 12.8. The fourth-order valence-electron chi connectivity index (χ4n) is 1.84. The maximum absolute atomic E-state index is 12.2. The van der Waals surface area contributed by atoms with Crippen molar-refractivity contribution in [3.05, 3.63) is 62.4 Å². The molecule has 0 radical (unpaired) electrons. The summed E-state index contributed by atoms with van der Waals surface area (Å²) in [4.78, 5) is 22.4. The van der Waals surface area contributed by atoms with Crippen molar-refractivity contribution < 1.29 is 9.72 Å². The molecule has 1 aromatic heterocycles. The number of nitro groups is 1. The van der Waals surface area contributed by atoms with Gasteiger partial charge in [-0.2, -0.15) is 5.10 Å². The molecule has 0 aliphatic heterocycles. The molecule has 0 N–H and O–H groups in total. The molecular formula is C14H12BrN3O3. The fraction of sp³-hybridized carbons (Fsp3) is 0.143. The average Bonchev–Trinajstić information content (AvgIpc) is 2.86. The lowest BCUT2D eigenvalue weighted by atomic mass is 10.1. The highest BCUT2D eigenvalue weighted by molar-refractivity contribution is 9.10. The molecule has 7 heteroatoms. The number of benzene rings is 1. The average molecular weight is 350 g/mol. The Morgan fingerprint density at radius 2 is 2.29 bits per heavy atom. The van der Waals surface area contributed by atoms with E-state index in [0.29, 0.717) is 22.3 Å². The zero-order chi connectivity index (χ0) is 15.4. The van der Waals surface area contributed by atoms with Crippen molar-refractivity contribution in [3.8, 4) is 0 Å². The van der Waals surface area contributed by atoms with Crippen LogP contribution in [0, 0.1) is 10.1 Å². The first-order chi connectivity index (χ1) is 10.0. The van der Waals surface area contributed by atoms with Crippen LogP contribution in [0.3, 0.4) is 0 Å². The van der Waals surface area contributed by atoms with E-state index in [2.05, 4.69) is 21.0 Å². The van der Waals surface area contributed by atoms with Crippen molar-refractivity contribution in [2.75, 3.05) is 0 Å². The quantitative estimate of drug-likeness (QED) is 0.358. The Bertz CT molecular complexity index is 722. The third kappa shape index (κ3) is 3.43. The lowest BCUT2D eigenvalue weighted by Crippen LogP contribution is -2.07. The van der Waals surface area contributed by atoms with Crippen LogP contribution >= 0.6 is 15.9 Å². The summed E-state index contributed by atoms with van der Waals surface area (Å²) in [7, 11) is 0.